The van der Waals surface area contributed by atoms with Crippen LogP contribution in [0.25, 0.3) is 16.8 Å². The molecule has 1 atom stereocenters. The lowest BCUT2D eigenvalue weighted by Gasteiger charge is -2.18. The quantitative estimate of drug-likeness (QED) is 0.444. The van der Waals surface area contributed by atoms with Crippen LogP contribution < -0.4 is 11.1 Å². The molecule has 3 N–H and O–H groups in total. The van der Waals surface area contributed by atoms with Gasteiger partial charge in [0.25, 0.3) is 5.91 Å². The van der Waals surface area contributed by atoms with Crippen LogP contribution in [0.2, 0.25) is 0 Å². The Balaban J connectivity index is 1.63. The molecule has 0 saturated carbocycles. The highest BCUT2D eigenvalue weighted by Gasteiger charge is 2.21. The number of nitrogens with zero attached hydrogens (tertiary/aromatic N) is 5. The number of fused-ring (bicyclic) bond motifs is 1. The Morgan fingerprint density at radius 3 is 2.61 bits per heavy atom. The van der Waals surface area contributed by atoms with E-state index in [-0.39, 0.29) is 11.9 Å². The summed E-state index contributed by atoms with van der Waals surface area (Å²) < 4.78 is 1.98. The number of aromatic nitrogens is 4. The Kier molecular flexibility index (Phi) is 6.37. The van der Waals surface area contributed by atoms with Gasteiger partial charge in [-0.25, -0.2) is 15.0 Å². The Hall–Kier alpha value is -3.78. The molecule has 8 nitrogen and oxygen atoms in total. The lowest BCUT2D eigenvalue weighted by atomic mass is 10.1. The lowest BCUT2D eigenvalue weighted by molar-refractivity contribution is 0.102. The SMILES string of the molecule is CCCc1ccnc(NC(=O)c2ccc(-c3nc([C@H](C)N(C)C)n4ccnc(N)c34)cc2)c1. The number of benzene rings is 1. The minimum Gasteiger partial charge on any atom is -0.382 e. The molecule has 33 heavy (non-hydrogen) atoms. The smallest absolute Gasteiger partial charge is 0.256 e. The zero-order valence-electron chi connectivity index (χ0n) is 19.4. The average Bonchev–Trinajstić information content (AvgIpc) is 3.20. The van der Waals surface area contributed by atoms with E-state index in [1.54, 1.807) is 24.5 Å². The largest absolute Gasteiger partial charge is 0.382 e. The second-order valence-electron chi connectivity index (χ2n) is 8.32. The Bertz CT molecular complexity index is 1280. The van der Waals surface area contributed by atoms with E-state index >= 15 is 0 Å². The van der Waals surface area contributed by atoms with Crippen molar-refractivity contribution in [3.8, 4) is 11.3 Å². The monoisotopic (exact) mass is 443 g/mol. The van der Waals surface area contributed by atoms with Crippen molar-refractivity contribution in [3.63, 3.8) is 0 Å². The van der Waals surface area contributed by atoms with E-state index in [0.29, 0.717) is 17.2 Å². The highest BCUT2D eigenvalue weighted by Crippen LogP contribution is 2.31. The van der Waals surface area contributed by atoms with Gasteiger partial charge in [-0.2, -0.15) is 0 Å². The van der Waals surface area contributed by atoms with Gasteiger partial charge in [0.15, 0.2) is 0 Å². The molecule has 0 unspecified atom stereocenters. The first-order valence-electron chi connectivity index (χ1n) is 11.0. The number of nitrogens with one attached hydrogen (secondary N) is 1. The summed E-state index contributed by atoms with van der Waals surface area (Å²) in [6.45, 7) is 4.21. The molecule has 0 fully saturated rings. The first-order valence-corrected chi connectivity index (χ1v) is 11.0. The van der Waals surface area contributed by atoms with Gasteiger partial charge in [-0.05, 0) is 57.3 Å². The molecule has 0 spiro atoms. The molecule has 0 radical (unpaired) electrons. The number of hydrogen-bond acceptors (Lipinski definition) is 6. The molecule has 4 rings (SSSR count). The third-order valence-electron chi connectivity index (χ3n) is 5.78. The van der Waals surface area contributed by atoms with Gasteiger partial charge in [0.1, 0.15) is 28.7 Å². The molecule has 0 aliphatic rings. The zero-order chi connectivity index (χ0) is 23.5. The number of anilines is 2. The summed E-state index contributed by atoms with van der Waals surface area (Å²) in [6, 6.07) is 11.3. The number of hydrogen-bond donors (Lipinski definition) is 2. The number of aryl methyl sites for hydroxylation is 1. The first-order chi connectivity index (χ1) is 15.9. The van der Waals surface area contributed by atoms with Crippen LogP contribution in [0.5, 0.6) is 0 Å². The van der Waals surface area contributed by atoms with E-state index in [9.17, 15) is 4.79 Å². The van der Waals surface area contributed by atoms with Crippen molar-refractivity contribution in [2.45, 2.75) is 32.7 Å². The zero-order valence-corrected chi connectivity index (χ0v) is 19.4. The summed E-state index contributed by atoms with van der Waals surface area (Å²) in [5, 5.41) is 2.88. The molecular weight excluding hydrogens is 414 g/mol. The molecule has 170 valence electrons. The average molecular weight is 444 g/mol. The van der Waals surface area contributed by atoms with Crippen LogP contribution in [0.1, 0.15) is 48.1 Å². The molecule has 3 heterocycles. The summed E-state index contributed by atoms with van der Waals surface area (Å²) in [7, 11) is 4.02. The predicted octanol–water partition coefficient (Wildman–Crippen LogP) is 4.20. The fourth-order valence-corrected chi connectivity index (χ4v) is 3.77. The summed E-state index contributed by atoms with van der Waals surface area (Å²) in [5.74, 6) is 1.63. The number of amides is 1. The molecule has 1 amide bonds. The van der Waals surface area contributed by atoms with Gasteiger partial charge in [0.2, 0.25) is 0 Å². The fourth-order valence-electron chi connectivity index (χ4n) is 3.77. The van der Waals surface area contributed by atoms with Crippen molar-refractivity contribution in [1.82, 2.24) is 24.3 Å². The molecule has 4 aromatic rings. The van der Waals surface area contributed by atoms with Crippen molar-refractivity contribution in [3.05, 3.63) is 71.9 Å². The van der Waals surface area contributed by atoms with Crippen molar-refractivity contribution in [2.24, 2.45) is 0 Å². The summed E-state index contributed by atoms with van der Waals surface area (Å²) in [6.07, 6.45) is 7.26. The van der Waals surface area contributed by atoms with Crippen molar-refractivity contribution < 1.29 is 4.79 Å². The summed E-state index contributed by atoms with van der Waals surface area (Å²) in [5.41, 5.74) is 10.3. The Morgan fingerprint density at radius 2 is 1.91 bits per heavy atom. The minimum atomic E-state index is -0.208. The van der Waals surface area contributed by atoms with E-state index in [4.69, 9.17) is 10.7 Å². The highest BCUT2D eigenvalue weighted by atomic mass is 16.1. The highest BCUT2D eigenvalue weighted by molar-refractivity contribution is 6.04. The number of carbonyl (C=O) groups excluding carboxylic acids is 1. The number of imidazole rings is 1. The second-order valence-corrected chi connectivity index (χ2v) is 8.32. The number of nitrogen functional groups attached to an aromatic ring is 1. The predicted molar refractivity (Wildman–Crippen MR) is 131 cm³/mol. The van der Waals surface area contributed by atoms with Crippen LogP contribution in [-0.2, 0) is 6.42 Å². The number of pyridine rings is 1. The minimum absolute atomic E-state index is 0.0778. The van der Waals surface area contributed by atoms with Gasteiger partial charge in [-0.3, -0.25) is 14.1 Å². The maximum atomic E-state index is 12.8. The molecule has 3 aromatic heterocycles. The Labute approximate surface area is 193 Å². The fraction of sp³-hybridized carbons (Fsp3) is 0.280. The van der Waals surface area contributed by atoms with Crippen LogP contribution in [-0.4, -0.2) is 44.3 Å². The van der Waals surface area contributed by atoms with Gasteiger partial charge < -0.3 is 11.1 Å². The third kappa shape index (κ3) is 4.56. The van der Waals surface area contributed by atoms with Crippen LogP contribution in [0, 0.1) is 0 Å². The van der Waals surface area contributed by atoms with Crippen LogP contribution in [0.15, 0.2) is 55.0 Å². The van der Waals surface area contributed by atoms with Crippen LogP contribution >= 0.6 is 0 Å². The molecular formula is C25H29N7O. The molecule has 8 heteroatoms. The van der Waals surface area contributed by atoms with E-state index in [0.717, 1.165) is 41.0 Å². The molecule has 1 aromatic carbocycles. The maximum Gasteiger partial charge on any atom is 0.256 e. The topological polar surface area (TPSA) is 101 Å². The van der Waals surface area contributed by atoms with Crippen molar-refractivity contribution in [2.75, 3.05) is 25.1 Å². The van der Waals surface area contributed by atoms with Crippen LogP contribution in [0.3, 0.4) is 0 Å². The van der Waals surface area contributed by atoms with E-state index < -0.39 is 0 Å². The normalized spacial score (nSPS) is 12.3. The van der Waals surface area contributed by atoms with E-state index in [1.165, 1.54) is 0 Å². The molecule has 0 aliphatic heterocycles. The standard InChI is InChI=1S/C25H29N7O/c1-5-6-17-11-12-27-20(15-17)29-25(33)19-9-7-18(8-10-19)21-22-23(26)28-13-14-32(22)24(30-21)16(2)31(3)4/h7-16H,5-6H2,1-4H3,(H2,26,28)(H,27,29,33)/t16-/m0/s1. The van der Waals surface area contributed by atoms with E-state index in [1.807, 2.05) is 49.0 Å². The second kappa shape index (κ2) is 9.38. The van der Waals surface area contributed by atoms with Gasteiger partial charge in [0.05, 0.1) is 6.04 Å². The third-order valence-corrected chi connectivity index (χ3v) is 5.78. The lowest BCUT2D eigenvalue weighted by Crippen LogP contribution is -2.19. The number of carbonyl (C=O) groups is 1. The van der Waals surface area contributed by atoms with Crippen LogP contribution in [0.4, 0.5) is 11.6 Å². The molecule has 0 aliphatic carbocycles. The van der Waals surface area contributed by atoms with E-state index in [2.05, 4.69) is 34.0 Å². The van der Waals surface area contributed by atoms with Gasteiger partial charge in [-0.15, -0.1) is 0 Å². The van der Waals surface area contributed by atoms with Crippen molar-refractivity contribution >= 4 is 23.1 Å². The number of rotatable bonds is 7. The van der Waals surface area contributed by atoms with Gasteiger partial charge in [-0.1, -0.05) is 25.5 Å². The van der Waals surface area contributed by atoms with Crippen molar-refractivity contribution in [1.29, 1.82) is 0 Å². The molecule has 0 saturated heterocycles. The Morgan fingerprint density at radius 1 is 1.15 bits per heavy atom. The number of nitrogens with two attached hydrogens (primary N) is 1. The van der Waals surface area contributed by atoms with Gasteiger partial charge >= 0.3 is 0 Å². The van der Waals surface area contributed by atoms with Gasteiger partial charge in [0, 0.05) is 29.7 Å². The maximum absolute atomic E-state index is 12.8. The first kappa shape index (κ1) is 22.4. The molecule has 0 bridgehead atoms. The summed E-state index contributed by atoms with van der Waals surface area (Å²) >= 11 is 0. The summed E-state index contributed by atoms with van der Waals surface area (Å²) in [4.78, 5) is 28.3.